The molecule has 0 atom stereocenters. The van der Waals surface area contributed by atoms with E-state index in [9.17, 15) is 4.79 Å². The molecule has 1 aromatic heterocycles. The predicted octanol–water partition coefficient (Wildman–Crippen LogP) is 2.74. The molecule has 2 N–H and O–H groups in total. The molecule has 2 aromatic rings. The van der Waals surface area contributed by atoms with Crippen molar-refractivity contribution in [1.29, 1.82) is 0 Å². The van der Waals surface area contributed by atoms with Gasteiger partial charge in [-0.05, 0) is 48.6 Å². The average molecular weight is 295 g/mol. The van der Waals surface area contributed by atoms with Gasteiger partial charge in [0, 0.05) is 10.6 Å². The van der Waals surface area contributed by atoms with Crippen LogP contribution in [-0.4, -0.2) is 11.0 Å². The molecule has 0 aliphatic rings. The summed E-state index contributed by atoms with van der Waals surface area (Å²) in [6.45, 7) is 0.423. The van der Waals surface area contributed by atoms with Gasteiger partial charge in [0.1, 0.15) is 5.76 Å². The van der Waals surface area contributed by atoms with Crippen molar-refractivity contribution in [2.24, 2.45) is 0 Å². The highest BCUT2D eigenvalue weighted by atomic mass is 35.5. The van der Waals surface area contributed by atoms with E-state index in [1.807, 2.05) is 6.07 Å². The van der Waals surface area contributed by atoms with Gasteiger partial charge in [0.2, 0.25) is 0 Å². The lowest BCUT2D eigenvalue weighted by Gasteiger charge is -2.08. The molecule has 6 heteroatoms. The molecule has 19 heavy (non-hydrogen) atoms. The number of furan rings is 1. The Labute approximate surface area is 120 Å². The summed E-state index contributed by atoms with van der Waals surface area (Å²) in [6, 6.07) is 10.2. The fourth-order valence-electron chi connectivity index (χ4n) is 1.40. The second-order valence-corrected chi connectivity index (χ2v) is 4.57. The highest BCUT2D eigenvalue weighted by Gasteiger charge is 2.07. The van der Waals surface area contributed by atoms with Crippen molar-refractivity contribution in [3.8, 4) is 0 Å². The highest BCUT2D eigenvalue weighted by molar-refractivity contribution is 7.80. The first kappa shape index (κ1) is 13.6. The van der Waals surface area contributed by atoms with Crippen molar-refractivity contribution in [1.82, 2.24) is 10.6 Å². The van der Waals surface area contributed by atoms with E-state index >= 15 is 0 Å². The molecule has 0 aliphatic heterocycles. The molecule has 1 amide bonds. The first-order valence-corrected chi connectivity index (χ1v) is 6.31. The van der Waals surface area contributed by atoms with Crippen LogP contribution in [0.3, 0.4) is 0 Å². The van der Waals surface area contributed by atoms with Crippen LogP contribution in [-0.2, 0) is 6.54 Å². The van der Waals surface area contributed by atoms with Gasteiger partial charge in [-0.2, -0.15) is 0 Å². The van der Waals surface area contributed by atoms with Crippen molar-refractivity contribution >= 4 is 34.8 Å². The SMILES string of the molecule is O=C(NC(=S)NCc1ccco1)c1ccc(Cl)cc1. The van der Waals surface area contributed by atoms with E-state index in [1.165, 1.54) is 0 Å². The molecule has 0 unspecified atom stereocenters. The Kier molecular flexibility index (Phi) is 4.54. The number of thiocarbonyl (C=S) groups is 1. The quantitative estimate of drug-likeness (QED) is 0.855. The third kappa shape index (κ3) is 4.08. The second-order valence-electron chi connectivity index (χ2n) is 3.72. The Hall–Kier alpha value is -1.85. The molecule has 0 radical (unpaired) electrons. The monoisotopic (exact) mass is 294 g/mol. The molecule has 1 heterocycles. The van der Waals surface area contributed by atoms with Gasteiger partial charge >= 0.3 is 0 Å². The van der Waals surface area contributed by atoms with E-state index in [2.05, 4.69) is 10.6 Å². The predicted molar refractivity (Wildman–Crippen MR) is 77.1 cm³/mol. The van der Waals surface area contributed by atoms with E-state index in [1.54, 1.807) is 36.6 Å². The van der Waals surface area contributed by atoms with Crippen LogP contribution in [0.2, 0.25) is 5.02 Å². The summed E-state index contributed by atoms with van der Waals surface area (Å²) < 4.78 is 5.14. The summed E-state index contributed by atoms with van der Waals surface area (Å²) in [7, 11) is 0. The number of benzene rings is 1. The number of hydrogen-bond donors (Lipinski definition) is 2. The Morgan fingerprint density at radius 1 is 1.26 bits per heavy atom. The van der Waals surface area contributed by atoms with Crippen LogP contribution in [0.5, 0.6) is 0 Å². The highest BCUT2D eigenvalue weighted by Crippen LogP contribution is 2.09. The van der Waals surface area contributed by atoms with Crippen molar-refractivity contribution < 1.29 is 9.21 Å². The lowest BCUT2D eigenvalue weighted by atomic mass is 10.2. The second kappa shape index (κ2) is 6.36. The summed E-state index contributed by atoms with van der Waals surface area (Å²) >= 11 is 10.8. The number of amides is 1. The molecular weight excluding hydrogens is 284 g/mol. The molecule has 2 rings (SSSR count). The zero-order valence-corrected chi connectivity index (χ0v) is 11.4. The first-order chi connectivity index (χ1) is 9.15. The van der Waals surface area contributed by atoms with Crippen LogP contribution in [0.15, 0.2) is 47.1 Å². The molecule has 0 spiro atoms. The number of nitrogens with one attached hydrogen (secondary N) is 2. The van der Waals surface area contributed by atoms with Gasteiger partial charge < -0.3 is 9.73 Å². The Morgan fingerprint density at radius 3 is 2.63 bits per heavy atom. The molecular formula is C13H11ClN2O2S. The average Bonchev–Trinajstić information content (AvgIpc) is 2.90. The Bertz CT molecular complexity index is 567. The third-order valence-corrected chi connectivity index (χ3v) is 2.84. The maximum Gasteiger partial charge on any atom is 0.257 e. The fraction of sp³-hybridized carbons (Fsp3) is 0.0769. The van der Waals surface area contributed by atoms with Crippen LogP contribution >= 0.6 is 23.8 Å². The maximum absolute atomic E-state index is 11.8. The molecule has 0 bridgehead atoms. The molecule has 0 saturated carbocycles. The fourth-order valence-corrected chi connectivity index (χ4v) is 1.69. The van der Waals surface area contributed by atoms with Crippen LogP contribution < -0.4 is 10.6 Å². The Balaban J connectivity index is 1.85. The third-order valence-electron chi connectivity index (χ3n) is 2.34. The topological polar surface area (TPSA) is 54.3 Å². The van der Waals surface area contributed by atoms with Crippen LogP contribution in [0, 0.1) is 0 Å². The van der Waals surface area contributed by atoms with Crippen LogP contribution in [0.1, 0.15) is 16.1 Å². The minimum Gasteiger partial charge on any atom is -0.467 e. The largest absolute Gasteiger partial charge is 0.467 e. The van der Waals surface area contributed by atoms with E-state index < -0.39 is 0 Å². The zero-order chi connectivity index (χ0) is 13.7. The van der Waals surface area contributed by atoms with Crippen molar-refractivity contribution in [2.75, 3.05) is 0 Å². The summed E-state index contributed by atoms with van der Waals surface area (Å²) in [5, 5.41) is 6.28. The van der Waals surface area contributed by atoms with Crippen molar-refractivity contribution in [2.45, 2.75) is 6.54 Å². The van der Waals surface area contributed by atoms with Crippen LogP contribution in [0.4, 0.5) is 0 Å². The summed E-state index contributed by atoms with van der Waals surface area (Å²) in [4.78, 5) is 11.8. The minimum atomic E-state index is -0.284. The van der Waals surface area contributed by atoms with Gasteiger partial charge in [-0.25, -0.2) is 0 Å². The van der Waals surface area contributed by atoms with Gasteiger partial charge in [0.15, 0.2) is 5.11 Å². The molecule has 98 valence electrons. The molecule has 0 aliphatic carbocycles. The molecule has 4 nitrogen and oxygen atoms in total. The van der Waals surface area contributed by atoms with Gasteiger partial charge in [-0.1, -0.05) is 11.6 Å². The summed E-state index contributed by atoms with van der Waals surface area (Å²) in [5.41, 5.74) is 0.492. The van der Waals surface area contributed by atoms with Gasteiger partial charge in [-0.3, -0.25) is 10.1 Å². The Morgan fingerprint density at radius 2 is 2.00 bits per heavy atom. The first-order valence-electron chi connectivity index (χ1n) is 5.52. The lowest BCUT2D eigenvalue weighted by Crippen LogP contribution is -2.38. The van der Waals surface area contributed by atoms with E-state index in [-0.39, 0.29) is 11.0 Å². The van der Waals surface area contributed by atoms with Gasteiger partial charge in [-0.15, -0.1) is 0 Å². The smallest absolute Gasteiger partial charge is 0.257 e. The number of rotatable bonds is 3. The standard InChI is InChI=1S/C13H11ClN2O2S/c14-10-5-3-9(4-6-10)12(17)16-13(19)15-8-11-2-1-7-18-11/h1-7H,8H2,(H2,15,16,17,19). The number of carbonyl (C=O) groups is 1. The minimum absolute atomic E-state index is 0.247. The van der Waals surface area contributed by atoms with E-state index in [0.29, 0.717) is 17.1 Å². The van der Waals surface area contributed by atoms with Crippen molar-refractivity contribution in [3.05, 3.63) is 59.0 Å². The van der Waals surface area contributed by atoms with Crippen LogP contribution in [0.25, 0.3) is 0 Å². The molecule has 1 aromatic carbocycles. The number of hydrogen-bond acceptors (Lipinski definition) is 3. The molecule has 0 saturated heterocycles. The molecule has 0 fully saturated rings. The van der Waals surface area contributed by atoms with Gasteiger partial charge in [0.05, 0.1) is 12.8 Å². The van der Waals surface area contributed by atoms with Crippen molar-refractivity contribution in [3.63, 3.8) is 0 Å². The summed E-state index contributed by atoms with van der Waals surface area (Å²) in [6.07, 6.45) is 1.58. The maximum atomic E-state index is 11.8. The number of carbonyl (C=O) groups excluding carboxylic acids is 1. The normalized spacial score (nSPS) is 9.95. The van der Waals surface area contributed by atoms with E-state index in [4.69, 9.17) is 28.2 Å². The van der Waals surface area contributed by atoms with Gasteiger partial charge in [0.25, 0.3) is 5.91 Å². The summed E-state index contributed by atoms with van der Waals surface area (Å²) in [5.74, 6) is 0.455. The van der Waals surface area contributed by atoms with E-state index in [0.717, 1.165) is 5.76 Å². The number of halogens is 1. The zero-order valence-electron chi connectivity index (χ0n) is 9.85. The lowest BCUT2D eigenvalue weighted by molar-refractivity contribution is 0.0976.